The lowest BCUT2D eigenvalue weighted by molar-refractivity contribution is -0.137. The molecule has 0 fully saturated rings. The van der Waals surface area contributed by atoms with E-state index >= 15 is 0 Å². The predicted molar refractivity (Wildman–Crippen MR) is 141 cm³/mol. The van der Waals surface area contributed by atoms with Gasteiger partial charge in [0.1, 0.15) is 5.82 Å². The van der Waals surface area contributed by atoms with Crippen LogP contribution >= 0.6 is 0 Å². The first-order valence-corrected chi connectivity index (χ1v) is 13.7. The second kappa shape index (κ2) is 11.6. The van der Waals surface area contributed by atoms with Crippen molar-refractivity contribution in [2.45, 2.75) is 24.9 Å². The number of pyridine rings is 1. The minimum atomic E-state index is -3.45. The van der Waals surface area contributed by atoms with E-state index in [0.29, 0.717) is 17.0 Å². The average molecular weight is 538 g/mol. The molecule has 1 aliphatic heterocycles. The Morgan fingerprint density at radius 3 is 2.34 bits per heavy atom. The standard InChI is InChI=1S/C28H28FN3O5S/c1-30-26(33)16-25(22-5-3-20(4-6-22)21-7-9-23(29)10-8-21)28(34)32(24-12-14-38(35,36)18-24)17-19-11-13-31-27(15-19)37-2/h3-15,24-25H,16-18H2,1-2H3,(H,30,33). The number of nitrogens with zero attached hydrogens (tertiary/aromatic N) is 2. The van der Waals surface area contributed by atoms with Crippen molar-refractivity contribution in [2.75, 3.05) is 19.9 Å². The van der Waals surface area contributed by atoms with Crippen molar-refractivity contribution >= 4 is 21.7 Å². The van der Waals surface area contributed by atoms with Crippen molar-refractivity contribution in [2.24, 2.45) is 0 Å². The van der Waals surface area contributed by atoms with Crippen LogP contribution in [-0.4, -0.2) is 56.1 Å². The Bertz CT molecular complexity index is 1440. The third-order valence-corrected chi connectivity index (χ3v) is 7.79. The molecule has 0 saturated heterocycles. The van der Waals surface area contributed by atoms with Crippen LogP contribution in [0.3, 0.4) is 0 Å². The van der Waals surface area contributed by atoms with Gasteiger partial charge < -0.3 is 15.0 Å². The number of benzene rings is 2. The number of rotatable bonds is 9. The third kappa shape index (κ3) is 6.44. The summed E-state index contributed by atoms with van der Waals surface area (Å²) in [5.41, 5.74) is 2.94. The van der Waals surface area contributed by atoms with Crippen LogP contribution in [0.4, 0.5) is 4.39 Å². The predicted octanol–water partition coefficient (Wildman–Crippen LogP) is 3.46. The van der Waals surface area contributed by atoms with Gasteiger partial charge in [-0.25, -0.2) is 17.8 Å². The summed E-state index contributed by atoms with van der Waals surface area (Å²) in [4.78, 5) is 32.1. The van der Waals surface area contributed by atoms with Crippen LogP contribution < -0.4 is 10.1 Å². The number of hydrogen-bond acceptors (Lipinski definition) is 6. The Kier molecular flexibility index (Phi) is 8.21. The zero-order valence-electron chi connectivity index (χ0n) is 21.0. The van der Waals surface area contributed by atoms with E-state index in [0.717, 1.165) is 16.5 Å². The number of methoxy groups -OCH3 is 1. The molecule has 10 heteroatoms. The van der Waals surface area contributed by atoms with E-state index in [1.807, 2.05) is 12.1 Å². The number of hydrogen-bond donors (Lipinski definition) is 1. The molecule has 0 saturated carbocycles. The number of ether oxygens (including phenoxy) is 1. The molecular formula is C28H28FN3O5S. The van der Waals surface area contributed by atoms with E-state index in [1.165, 1.54) is 37.3 Å². The topological polar surface area (TPSA) is 106 Å². The minimum Gasteiger partial charge on any atom is -0.481 e. The van der Waals surface area contributed by atoms with Gasteiger partial charge in [0.15, 0.2) is 9.84 Å². The summed E-state index contributed by atoms with van der Waals surface area (Å²) in [5.74, 6) is -1.79. The van der Waals surface area contributed by atoms with Crippen LogP contribution in [0.2, 0.25) is 0 Å². The molecule has 0 bridgehead atoms. The zero-order valence-corrected chi connectivity index (χ0v) is 21.8. The largest absolute Gasteiger partial charge is 0.481 e. The molecule has 8 nitrogen and oxygen atoms in total. The summed E-state index contributed by atoms with van der Waals surface area (Å²) >= 11 is 0. The molecule has 0 aliphatic carbocycles. The monoisotopic (exact) mass is 537 g/mol. The lowest BCUT2D eigenvalue weighted by atomic mass is 9.91. The highest BCUT2D eigenvalue weighted by atomic mass is 32.2. The van der Waals surface area contributed by atoms with Crippen molar-refractivity contribution in [1.82, 2.24) is 15.2 Å². The maximum atomic E-state index is 14.1. The van der Waals surface area contributed by atoms with E-state index in [2.05, 4.69) is 10.3 Å². The smallest absolute Gasteiger partial charge is 0.231 e. The van der Waals surface area contributed by atoms with Gasteiger partial charge >= 0.3 is 0 Å². The first kappa shape index (κ1) is 27.0. The lowest BCUT2D eigenvalue weighted by Crippen LogP contribution is -2.44. The molecule has 2 unspecified atom stereocenters. The second-order valence-corrected chi connectivity index (χ2v) is 10.9. The van der Waals surface area contributed by atoms with Crippen molar-refractivity contribution < 1.29 is 27.1 Å². The van der Waals surface area contributed by atoms with Crippen LogP contribution in [0, 0.1) is 5.82 Å². The van der Waals surface area contributed by atoms with Crippen LogP contribution in [0.15, 0.2) is 78.3 Å². The molecule has 1 aliphatic rings. The molecular weight excluding hydrogens is 509 g/mol. The number of aromatic nitrogens is 1. The van der Waals surface area contributed by atoms with Gasteiger partial charge in [-0.1, -0.05) is 36.4 Å². The molecule has 0 spiro atoms. The van der Waals surface area contributed by atoms with Gasteiger partial charge in [0.2, 0.25) is 17.7 Å². The summed E-state index contributed by atoms with van der Waals surface area (Å²) in [5, 5.41) is 3.69. The van der Waals surface area contributed by atoms with Crippen LogP contribution in [0.1, 0.15) is 23.5 Å². The van der Waals surface area contributed by atoms with Crippen LogP contribution in [-0.2, 0) is 26.0 Å². The Balaban J connectivity index is 1.69. The normalized spacial score (nSPS) is 16.6. The molecule has 1 N–H and O–H groups in total. The van der Waals surface area contributed by atoms with E-state index in [9.17, 15) is 22.4 Å². The van der Waals surface area contributed by atoms with Gasteiger partial charge in [-0.3, -0.25) is 9.59 Å². The van der Waals surface area contributed by atoms with Crippen LogP contribution in [0.5, 0.6) is 5.88 Å². The summed E-state index contributed by atoms with van der Waals surface area (Å²) in [6.07, 6.45) is 2.93. The van der Waals surface area contributed by atoms with Gasteiger partial charge in [0, 0.05) is 37.7 Å². The fourth-order valence-corrected chi connectivity index (χ4v) is 5.65. The molecule has 2 atom stereocenters. The number of carbonyl (C=O) groups excluding carboxylic acids is 2. The number of nitrogens with one attached hydrogen (secondary N) is 1. The summed E-state index contributed by atoms with van der Waals surface area (Å²) in [7, 11) is -0.477. The minimum absolute atomic E-state index is 0.0974. The fourth-order valence-electron chi connectivity index (χ4n) is 4.35. The van der Waals surface area contributed by atoms with Crippen molar-refractivity contribution in [3.8, 4) is 17.0 Å². The molecule has 198 valence electrons. The average Bonchev–Trinajstić information content (AvgIpc) is 3.29. The maximum Gasteiger partial charge on any atom is 0.231 e. The van der Waals surface area contributed by atoms with Crippen molar-refractivity contribution in [3.05, 3.63) is 95.3 Å². The van der Waals surface area contributed by atoms with E-state index in [-0.39, 0.29) is 36.4 Å². The fraction of sp³-hybridized carbons (Fsp3) is 0.250. The molecule has 38 heavy (non-hydrogen) atoms. The summed E-state index contributed by atoms with van der Waals surface area (Å²) < 4.78 is 43.0. The highest BCUT2D eigenvalue weighted by Gasteiger charge is 2.35. The molecule has 0 radical (unpaired) electrons. The van der Waals surface area contributed by atoms with Crippen LogP contribution in [0.25, 0.3) is 11.1 Å². The van der Waals surface area contributed by atoms with Gasteiger partial charge in [0.05, 0.1) is 24.8 Å². The highest BCUT2D eigenvalue weighted by molar-refractivity contribution is 7.94. The van der Waals surface area contributed by atoms with Gasteiger partial charge in [-0.15, -0.1) is 0 Å². The Hall–Kier alpha value is -4.05. The first-order chi connectivity index (χ1) is 18.2. The number of amides is 2. The molecule has 2 aromatic carbocycles. The number of halogens is 1. The Labute approximate surface area is 221 Å². The van der Waals surface area contributed by atoms with Crippen molar-refractivity contribution in [1.29, 1.82) is 0 Å². The second-order valence-electron chi connectivity index (χ2n) is 8.96. The molecule has 2 heterocycles. The first-order valence-electron chi connectivity index (χ1n) is 12.0. The quantitative estimate of drug-likeness (QED) is 0.448. The van der Waals surface area contributed by atoms with Gasteiger partial charge in [-0.05, 0) is 46.5 Å². The van der Waals surface area contributed by atoms with E-state index < -0.39 is 21.8 Å². The number of carbonyl (C=O) groups is 2. The molecule has 4 rings (SSSR count). The summed E-state index contributed by atoms with van der Waals surface area (Å²) in [6, 6.07) is 15.9. The van der Waals surface area contributed by atoms with E-state index in [1.54, 1.807) is 42.6 Å². The van der Waals surface area contributed by atoms with Crippen molar-refractivity contribution in [3.63, 3.8) is 0 Å². The summed E-state index contributed by atoms with van der Waals surface area (Å²) in [6.45, 7) is 0.0974. The Morgan fingerprint density at radius 2 is 1.76 bits per heavy atom. The Morgan fingerprint density at radius 1 is 1.11 bits per heavy atom. The SMILES string of the molecule is CNC(=O)CC(C(=O)N(Cc1ccnc(OC)c1)C1C=CS(=O)(=O)C1)c1ccc(-c2ccc(F)cc2)cc1. The molecule has 2 amide bonds. The zero-order chi connectivity index (χ0) is 27.3. The number of sulfone groups is 1. The maximum absolute atomic E-state index is 14.1. The molecule has 3 aromatic rings. The lowest BCUT2D eigenvalue weighted by Gasteiger charge is -2.31. The van der Waals surface area contributed by atoms with E-state index in [4.69, 9.17) is 4.74 Å². The van der Waals surface area contributed by atoms with Gasteiger partial charge in [0.25, 0.3) is 0 Å². The molecule has 1 aromatic heterocycles. The highest BCUT2D eigenvalue weighted by Crippen LogP contribution is 2.29. The van der Waals surface area contributed by atoms with Gasteiger partial charge in [-0.2, -0.15) is 0 Å². The third-order valence-electron chi connectivity index (χ3n) is 6.41.